The molecule has 0 bridgehead atoms. The topological polar surface area (TPSA) is 147 Å². The van der Waals surface area contributed by atoms with Gasteiger partial charge in [-0.1, -0.05) is 60.7 Å². The van der Waals surface area contributed by atoms with Crippen molar-refractivity contribution in [3.05, 3.63) is 120 Å². The van der Waals surface area contributed by atoms with E-state index in [2.05, 4.69) is 53.5 Å². The van der Waals surface area contributed by atoms with Crippen LogP contribution in [0, 0.1) is 10.2 Å². The van der Waals surface area contributed by atoms with E-state index in [-0.39, 0.29) is 6.04 Å². The zero-order valence-corrected chi connectivity index (χ0v) is 23.3. The van der Waals surface area contributed by atoms with Crippen molar-refractivity contribution in [3.63, 3.8) is 0 Å². The lowest BCUT2D eigenvalue weighted by Gasteiger charge is -2.17. The molecule has 4 aromatic carbocycles. The van der Waals surface area contributed by atoms with E-state index >= 15 is 0 Å². The second kappa shape index (κ2) is 13.3. The lowest BCUT2D eigenvalue weighted by molar-refractivity contribution is -2.00. The van der Waals surface area contributed by atoms with Gasteiger partial charge in [-0.15, -0.1) is 10.2 Å². The normalized spacial score (nSPS) is 11.7. The number of benzene rings is 4. The molecule has 10 heteroatoms. The molecule has 0 aliphatic carbocycles. The van der Waals surface area contributed by atoms with Gasteiger partial charge in [-0.25, -0.2) is 23.6 Å². The molecule has 1 aromatic heterocycles. The van der Waals surface area contributed by atoms with Crippen LogP contribution in [0.5, 0.6) is 17.2 Å². The van der Waals surface area contributed by atoms with Gasteiger partial charge in [-0.2, -0.15) is 0 Å². The van der Waals surface area contributed by atoms with Crippen LogP contribution in [0.15, 0.2) is 108 Å². The van der Waals surface area contributed by atoms with Crippen LogP contribution in [0.1, 0.15) is 17.2 Å². The summed E-state index contributed by atoms with van der Waals surface area (Å²) in [6.45, 7) is 0. The summed E-state index contributed by atoms with van der Waals surface area (Å²) < 4.78 is 56.8. The summed E-state index contributed by atoms with van der Waals surface area (Å²) >= 11 is 0. The molecular weight excluding hydrogens is 550 g/mol. The molecule has 1 N–H and O–H groups in total. The van der Waals surface area contributed by atoms with Gasteiger partial charge in [0, 0.05) is 16.7 Å². The Kier molecular flexibility index (Phi) is 9.61. The average molecular weight is 578 g/mol. The van der Waals surface area contributed by atoms with Gasteiger partial charge in [0.05, 0.1) is 32.8 Å². The second-order valence-corrected chi connectivity index (χ2v) is 9.49. The molecule has 0 spiro atoms. The zero-order chi connectivity index (χ0) is 29.4. The predicted molar refractivity (Wildman–Crippen MR) is 140 cm³/mol. The Hall–Kier alpha value is -4.38. The first-order valence-electron chi connectivity index (χ1n) is 12.4. The van der Waals surface area contributed by atoms with Crippen LogP contribution in [-0.4, -0.2) is 21.3 Å². The van der Waals surface area contributed by atoms with Gasteiger partial charge in [0.25, 0.3) is 0 Å². The van der Waals surface area contributed by atoms with E-state index in [0.717, 1.165) is 38.8 Å². The van der Waals surface area contributed by atoms with Gasteiger partial charge >= 0.3 is 0 Å². The molecule has 0 saturated carbocycles. The maximum Gasteiger partial charge on any atom is 0.214 e. The highest BCUT2D eigenvalue weighted by atomic mass is 35.7. The highest BCUT2D eigenvalue weighted by Gasteiger charge is 2.20. The minimum atomic E-state index is -4.94. The van der Waals surface area contributed by atoms with E-state index in [1.807, 2.05) is 54.6 Å². The summed E-state index contributed by atoms with van der Waals surface area (Å²) in [6.07, 6.45) is 0. The average Bonchev–Trinajstić information content (AvgIpc) is 2.99. The molecule has 0 aliphatic heterocycles. The molecule has 5 aromatic rings. The summed E-state index contributed by atoms with van der Waals surface area (Å²) in [7, 11) is -0.0243. The standard InChI is InChI=1S/C31H27NO4.ClHO4/c1-33-24-15-17-27-25(19-24)26(20-29(36-27)23-14-16-28(34-2)30(18-23)35-3)32-31(21-10-6-4-7-11-21)22-12-8-5-9-13-22;2-1(3,4)5/h4-20,31H,1-3H3;(H,2,3,4,5). The molecule has 0 unspecified atom stereocenters. The molecule has 1 heterocycles. The van der Waals surface area contributed by atoms with Crippen molar-refractivity contribution in [2.45, 2.75) is 6.04 Å². The number of hydrogen-bond donors (Lipinski definition) is 1. The van der Waals surface area contributed by atoms with Crippen LogP contribution < -0.4 is 43.2 Å². The maximum atomic E-state index is 8.49. The molecule has 0 atom stereocenters. The molecule has 5 rings (SSSR count). The largest absolute Gasteiger partial charge is 0.497 e. The minimum Gasteiger partial charge on any atom is -0.497 e. The fraction of sp³-hybridized carbons (Fsp3) is 0.129. The summed E-state index contributed by atoms with van der Waals surface area (Å²) in [5.41, 5.74) is 3.94. The minimum absolute atomic E-state index is 0.0672. The summed E-state index contributed by atoms with van der Waals surface area (Å²) in [4.78, 5) is 3.80. The van der Waals surface area contributed by atoms with Crippen LogP contribution in [0.25, 0.3) is 22.3 Å². The molecule has 0 fully saturated rings. The summed E-state index contributed by atoms with van der Waals surface area (Å²) in [5, 5.41) is 1.85. The van der Waals surface area contributed by atoms with Gasteiger partial charge < -0.3 is 18.6 Å². The van der Waals surface area contributed by atoms with Crippen molar-refractivity contribution in [2.24, 2.45) is 0 Å². The maximum absolute atomic E-state index is 8.49. The Balaban J connectivity index is 0.000000714. The van der Waals surface area contributed by atoms with E-state index in [1.54, 1.807) is 21.3 Å². The molecule has 0 saturated heterocycles. The van der Waals surface area contributed by atoms with Gasteiger partial charge in [-0.05, 0) is 36.4 Å². The van der Waals surface area contributed by atoms with E-state index in [4.69, 9.17) is 37.3 Å². The number of methoxy groups -OCH3 is 3. The van der Waals surface area contributed by atoms with E-state index in [9.17, 15) is 0 Å². The van der Waals surface area contributed by atoms with Crippen LogP contribution >= 0.6 is 0 Å². The van der Waals surface area contributed by atoms with Crippen LogP contribution in [0.4, 0.5) is 0 Å². The SMILES string of the molecule is COc1ccc2oc(-c3ccc(OC)c(OC)c3)cc(=[NH+]C(c3ccccc3)c3ccccc3)c2c1.[O-][Cl+3]([O-])([O-])[O-]. The first-order chi connectivity index (χ1) is 19.7. The molecular formula is C31H28ClNO8. The predicted octanol–water partition coefficient (Wildman–Crippen LogP) is 0.141. The van der Waals surface area contributed by atoms with Gasteiger partial charge in [0.15, 0.2) is 11.5 Å². The summed E-state index contributed by atoms with van der Waals surface area (Å²) in [6, 6.07) is 34.4. The number of fused-ring (bicyclic) bond motifs is 1. The monoisotopic (exact) mass is 577 g/mol. The quantitative estimate of drug-likeness (QED) is 0.287. The smallest absolute Gasteiger partial charge is 0.214 e. The third-order valence-corrected chi connectivity index (χ3v) is 6.21. The molecule has 0 aliphatic rings. The first kappa shape index (κ1) is 29.6. The van der Waals surface area contributed by atoms with Gasteiger partial charge in [0.1, 0.15) is 17.1 Å². The van der Waals surface area contributed by atoms with Crippen LogP contribution in [0.2, 0.25) is 0 Å². The lowest BCUT2D eigenvalue weighted by Crippen LogP contribution is -2.78. The first-order valence-corrected chi connectivity index (χ1v) is 13.6. The van der Waals surface area contributed by atoms with Crippen molar-refractivity contribution >= 4 is 11.0 Å². The van der Waals surface area contributed by atoms with Crippen molar-refractivity contribution in [1.82, 2.24) is 0 Å². The van der Waals surface area contributed by atoms with Crippen molar-refractivity contribution in [2.75, 3.05) is 21.3 Å². The highest BCUT2D eigenvalue weighted by molar-refractivity contribution is 5.80. The molecule has 0 amide bonds. The van der Waals surface area contributed by atoms with Crippen molar-refractivity contribution in [3.8, 4) is 28.6 Å². The van der Waals surface area contributed by atoms with Crippen molar-refractivity contribution in [1.29, 1.82) is 0 Å². The fourth-order valence-electron chi connectivity index (χ4n) is 4.35. The van der Waals surface area contributed by atoms with E-state index < -0.39 is 10.2 Å². The van der Waals surface area contributed by atoms with Crippen LogP contribution in [-0.2, 0) is 0 Å². The summed E-state index contributed by atoms with van der Waals surface area (Å²) in [5.74, 6) is 2.77. The van der Waals surface area contributed by atoms with Gasteiger partial charge in [-0.3, -0.25) is 0 Å². The number of halogens is 1. The number of hydrogen-bond acceptors (Lipinski definition) is 8. The lowest BCUT2D eigenvalue weighted by atomic mass is 9.99. The number of rotatable bonds is 7. The van der Waals surface area contributed by atoms with E-state index in [1.165, 1.54) is 0 Å². The highest BCUT2D eigenvalue weighted by Crippen LogP contribution is 2.33. The molecule has 41 heavy (non-hydrogen) atoms. The molecule has 212 valence electrons. The third-order valence-electron chi connectivity index (χ3n) is 6.21. The Labute approximate surface area is 238 Å². The Bertz CT molecular complexity index is 1610. The zero-order valence-electron chi connectivity index (χ0n) is 22.5. The molecule has 0 radical (unpaired) electrons. The van der Waals surface area contributed by atoms with Crippen LogP contribution in [0.3, 0.4) is 0 Å². The Morgan fingerprint density at radius 3 is 1.78 bits per heavy atom. The number of nitrogens with one attached hydrogen (secondary N) is 1. The molecule has 9 nitrogen and oxygen atoms in total. The fourth-order valence-corrected chi connectivity index (χ4v) is 4.35. The van der Waals surface area contributed by atoms with E-state index in [0.29, 0.717) is 17.3 Å². The van der Waals surface area contributed by atoms with Crippen molar-refractivity contribution < 1.29 is 52.5 Å². The Morgan fingerprint density at radius 1 is 0.659 bits per heavy atom. The second-order valence-electron chi connectivity index (χ2n) is 8.73. The number of ether oxygens (including phenoxy) is 3. The third kappa shape index (κ3) is 7.85. The Morgan fingerprint density at radius 2 is 1.24 bits per heavy atom. The van der Waals surface area contributed by atoms with Gasteiger partial charge in [0.2, 0.25) is 11.4 Å².